The molecule has 3 nitrogen and oxygen atoms in total. The number of para-hydroxylation sites is 2. The highest BCUT2D eigenvalue weighted by Gasteiger charge is 2.15. The molecule has 0 amide bonds. The zero-order valence-corrected chi connectivity index (χ0v) is 11.3. The largest absolute Gasteiger partial charge is 0.495 e. The van der Waals surface area contributed by atoms with Crippen LogP contribution in [0.2, 0.25) is 0 Å². The van der Waals surface area contributed by atoms with Crippen LogP contribution in [0.15, 0.2) is 24.3 Å². The molecule has 0 aromatic heterocycles. The lowest BCUT2D eigenvalue weighted by atomic mass is 9.99. The van der Waals surface area contributed by atoms with E-state index < -0.39 is 0 Å². The van der Waals surface area contributed by atoms with Gasteiger partial charge in [-0.15, -0.1) is 0 Å². The number of hydrogen-bond donors (Lipinski definition) is 1. The smallest absolute Gasteiger partial charge is 0.142 e. The first-order valence-corrected chi connectivity index (χ1v) is 6.19. The second-order valence-electron chi connectivity index (χ2n) is 4.60. The molecule has 2 N–H and O–H groups in total. The van der Waals surface area contributed by atoms with Gasteiger partial charge in [0.25, 0.3) is 0 Å². The molecule has 0 spiro atoms. The van der Waals surface area contributed by atoms with Gasteiger partial charge in [0.1, 0.15) is 5.75 Å². The standard InChI is InChI=1S/C14H24N2O/c1-5-11(2)12(15)10-16(3)13-8-6-7-9-14(13)17-4/h6-9,11-12H,5,10,15H2,1-4H3. The van der Waals surface area contributed by atoms with Gasteiger partial charge < -0.3 is 15.4 Å². The molecule has 0 fully saturated rings. The third-order valence-corrected chi connectivity index (χ3v) is 3.36. The van der Waals surface area contributed by atoms with Crippen molar-refractivity contribution in [1.29, 1.82) is 0 Å². The Morgan fingerprint density at radius 2 is 2.00 bits per heavy atom. The Hall–Kier alpha value is -1.22. The molecule has 17 heavy (non-hydrogen) atoms. The number of nitrogens with two attached hydrogens (primary N) is 1. The fourth-order valence-corrected chi connectivity index (χ4v) is 1.84. The Balaban J connectivity index is 2.72. The van der Waals surface area contributed by atoms with Crippen molar-refractivity contribution >= 4 is 5.69 Å². The Bertz CT molecular complexity index is 341. The first-order chi connectivity index (χ1) is 8.10. The van der Waals surface area contributed by atoms with Crippen LogP contribution in [0.1, 0.15) is 20.3 Å². The molecule has 0 saturated heterocycles. The Morgan fingerprint density at radius 1 is 1.35 bits per heavy atom. The monoisotopic (exact) mass is 236 g/mol. The number of benzene rings is 1. The predicted octanol–water partition coefficient (Wildman–Crippen LogP) is 2.50. The molecule has 1 rings (SSSR count). The quantitative estimate of drug-likeness (QED) is 0.824. The molecule has 0 heterocycles. The maximum absolute atomic E-state index is 6.18. The van der Waals surface area contributed by atoms with E-state index in [1.54, 1.807) is 7.11 Å². The van der Waals surface area contributed by atoms with Crippen LogP contribution in [0.4, 0.5) is 5.69 Å². The molecule has 1 aromatic carbocycles. The summed E-state index contributed by atoms with van der Waals surface area (Å²) in [4.78, 5) is 2.16. The van der Waals surface area contributed by atoms with Gasteiger partial charge in [-0.25, -0.2) is 0 Å². The van der Waals surface area contributed by atoms with E-state index in [1.807, 2.05) is 18.2 Å². The fraction of sp³-hybridized carbons (Fsp3) is 0.571. The van der Waals surface area contributed by atoms with Gasteiger partial charge in [-0.3, -0.25) is 0 Å². The zero-order valence-electron chi connectivity index (χ0n) is 11.3. The van der Waals surface area contributed by atoms with Crippen LogP contribution in [-0.4, -0.2) is 26.7 Å². The summed E-state index contributed by atoms with van der Waals surface area (Å²) in [5.41, 5.74) is 7.27. The number of rotatable bonds is 6. The first kappa shape index (κ1) is 13.8. The molecule has 96 valence electrons. The van der Waals surface area contributed by atoms with Gasteiger partial charge in [0.05, 0.1) is 12.8 Å². The zero-order chi connectivity index (χ0) is 12.8. The highest BCUT2D eigenvalue weighted by Crippen LogP contribution is 2.26. The minimum absolute atomic E-state index is 0.190. The predicted molar refractivity (Wildman–Crippen MR) is 73.7 cm³/mol. The van der Waals surface area contributed by atoms with Crippen molar-refractivity contribution in [2.75, 3.05) is 25.6 Å². The van der Waals surface area contributed by atoms with Crippen LogP contribution in [0.25, 0.3) is 0 Å². The van der Waals surface area contributed by atoms with Crippen molar-refractivity contribution in [3.63, 3.8) is 0 Å². The average molecular weight is 236 g/mol. The summed E-state index contributed by atoms with van der Waals surface area (Å²) in [5.74, 6) is 1.43. The highest BCUT2D eigenvalue weighted by molar-refractivity contribution is 5.57. The molecule has 0 aliphatic heterocycles. The molecule has 0 aliphatic carbocycles. The number of anilines is 1. The van der Waals surface area contributed by atoms with E-state index in [9.17, 15) is 0 Å². The Kier molecular flexibility index (Phi) is 5.29. The Labute approximate surface area is 105 Å². The average Bonchev–Trinajstić information content (AvgIpc) is 2.37. The number of nitrogens with zero attached hydrogens (tertiary/aromatic N) is 1. The molecule has 0 radical (unpaired) electrons. The van der Waals surface area contributed by atoms with Gasteiger partial charge in [-0.1, -0.05) is 32.4 Å². The molecule has 1 aromatic rings. The molecule has 0 aliphatic rings. The summed E-state index contributed by atoms with van der Waals surface area (Å²) < 4.78 is 5.35. The third kappa shape index (κ3) is 3.63. The van der Waals surface area contributed by atoms with E-state index in [0.717, 1.165) is 24.4 Å². The fourth-order valence-electron chi connectivity index (χ4n) is 1.84. The summed E-state index contributed by atoms with van der Waals surface area (Å²) in [6.45, 7) is 5.21. The number of methoxy groups -OCH3 is 1. The first-order valence-electron chi connectivity index (χ1n) is 6.19. The van der Waals surface area contributed by atoms with Crippen molar-refractivity contribution in [2.24, 2.45) is 11.7 Å². The van der Waals surface area contributed by atoms with Crippen LogP contribution in [0.5, 0.6) is 5.75 Å². The van der Waals surface area contributed by atoms with Gasteiger partial charge in [0, 0.05) is 19.6 Å². The van der Waals surface area contributed by atoms with Crippen LogP contribution < -0.4 is 15.4 Å². The summed E-state index contributed by atoms with van der Waals surface area (Å²) >= 11 is 0. The van der Waals surface area contributed by atoms with E-state index in [0.29, 0.717) is 5.92 Å². The van der Waals surface area contributed by atoms with E-state index in [4.69, 9.17) is 10.5 Å². The van der Waals surface area contributed by atoms with E-state index in [1.165, 1.54) is 0 Å². The van der Waals surface area contributed by atoms with Crippen molar-refractivity contribution in [3.8, 4) is 5.75 Å². The maximum atomic E-state index is 6.18. The minimum atomic E-state index is 0.190. The normalized spacial score (nSPS) is 14.2. The lowest BCUT2D eigenvalue weighted by molar-refractivity contribution is 0.411. The van der Waals surface area contributed by atoms with E-state index in [2.05, 4.69) is 31.9 Å². The van der Waals surface area contributed by atoms with Crippen molar-refractivity contribution in [1.82, 2.24) is 0 Å². The van der Waals surface area contributed by atoms with Crippen molar-refractivity contribution < 1.29 is 4.74 Å². The molecular formula is C14H24N2O. The SMILES string of the molecule is CCC(C)C(N)CN(C)c1ccccc1OC. The molecule has 0 bridgehead atoms. The molecule has 3 heteroatoms. The highest BCUT2D eigenvalue weighted by atomic mass is 16.5. The number of hydrogen-bond acceptors (Lipinski definition) is 3. The van der Waals surface area contributed by atoms with Crippen LogP contribution in [-0.2, 0) is 0 Å². The summed E-state index contributed by atoms with van der Waals surface area (Å²) in [7, 11) is 3.75. The minimum Gasteiger partial charge on any atom is -0.495 e. The van der Waals surface area contributed by atoms with Gasteiger partial charge >= 0.3 is 0 Å². The Morgan fingerprint density at radius 3 is 2.59 bits per heavy atom. The van der Waals surface area contributed by atoms with E-state index in [-0.39, 0.29) is 6.04 Å². The lowest BCUT2D eigenvalue weighted by Crippen LogP contribution is -2.39. The van der Waals surface area contributed by atoms with Crippen LogP contribution in [0.3, 0.4) is 0 Å². The van der Waals surface area contributed by atoms with Crippen molar-refractivity contribution in [2.45, 2.75) is 26.3 Å². The molecule has 2 atom stereocenters. The molecular weight excluding hydrogens is 212 g/mol. The van der Waals surface area contributed by atoms with Gasteiger partial charge in [0.2, 0.25) is 0 Å². The van der Waals surface area contributed by atoms with Crippen LogP contribution in [0, 0.1) is 5.92 Å². The lowest BCUT2D eigenvalue weighted by Gasteiger charge is -2.27. The van der Waals surface area contributed by atoms with E-state index >= 15 is 0 Å². The van der Waals surface area contributed by atoms with Gasteiger partial charge in [-0.2, -0.15) is 0 Å². The van der Waals surface area contributed by atoms with Gasteiger partial charge in [0.15, 0.2) is 0 Å². The number of ether oxygens (including phenoxy) is 1. The van der Waals surface area contributed by atoms with Gasteiger partial charge in [-0.05, 0) is 18.1 Å². The molecule has 2 unspecified atom stereocenters. The summed E-state index contributed by atoms with van der Waals surface area (Å²) in [6.07, 6.45) is 1.11. The second kappa shape index (κ2) is 6.50. The topological polar surface area (TPSA) is 38.5 Å². The summed E-state index contributed by atoms with van der Waals surface area (Å²) in [6, 6.07) is 8.21. The third-order valence-electron chi connectivity index (χ3n) is 3.36. The second-order valence-corrected chi connectivity index (χ2v) is 4.60. The summed E-state index contributed by atoms with van der Waals surface area (Å²) in [5, 5.41) is 0. The maximum Gasteiger partial charge on any atom is 0.142 e. The number of likely N-dealkylation sites (N-methyl/N-ethyl adjacent to an activating group) is 1. The van der Waals surface area contributed by atoms with Crippen LogP contribution >= 0.6 is 0 Å². The molecule has 0 saturated carbocycles. The van der Waals surface area contributed by atoms with Crippen molar-refractivity contribution in [3.05, 3.63) is 24.3 Å².